The summed E-state index contributed by atoms with van der Waals surface area (Å²) in [4.78, 5) is 11.5. The Labute approximate surface area is 89.1 Å². The Hall–Kier alpha value is -1.36. The predicted octanol–water partition coefficient (Wildman–Crippen LogP) is 1.17. The van der Waals surface area contributed by atoms with Crippen LogP contribution in [0.15, 0.2) is 12.3 Å². The number of carbonyl (C=O) groups is 1. The molecule has 84 valence electrons. The summed E-state index contributed by atoms with van der Waals surface area (Å²) in [5, 5.41) is 16.2. The van der Waals surface area contributed by atoms with Gasteiger partial charge in [-0.05, 0) is 27.7 Å². The van der Waals surface area contributed by atoms with Crippen LogP contribution in [0.5, 0.6) is 0 Å². The van der Waals surface area contributed by atoms with Gasteiger partial charge in [-0.2, -0.15) is 5.10 Å². The monoisotopic (exact) mass is 211 g/mol. The minimum atomic E-state index is -1.38. The number of rotatable bonds is 3. The van der Waals surface area contributed by atoms with Crippen molar-refractivity contribution < 1.29 is 9.90 Å². The number of anilines is 1. The lowest BCUT2D eigenvalue weighted by atomic mass is 10.1. The molecular formula is C10H17N3O2. The summed E-state index contributed by atoms with van der Waals surface area (Å²) in [6.07, 6.45) is 1.61. The SMILES string of the molecule is CC(C)n1nccc1NC(=O)C(C)(C)O. The molecule has 0 saturated carbocycles. The maximum Gasteiger partial charge on any atom is 0.256 e. The lowest BCUT2D eigenvalue weighted by Crippen LogP contribution is -2.37. The Bertz CT molecular complexity index is 350. The van der Waals surface area contributed by atoms with Crippen LogP contribution in [-0.4, -0.2) is 26.4 Å². The van der Waals surface area contributed by atoms with Crippen molar-refractivity contribution in [2.24, 2.45) is 0 Å². The molecule has 0 aromatic carbocycles. The standard InChI is InChI=1S/C10H17N3O2/c1-7(2)13-8(5-6-11-13)12-9(14)10(3,4)15/h5-7,15H,1-4H3,(H,12,14). The van der Waals surface area contributed by atoms with Crippen LogP contribution in [0.1, 0.15) is 33.7 Å². The molecule has 0 bridgehead atoms. The van der Waals surface area contributed by atoms with Gasteiger partial charge in [-0.25, -0.2) is 4.68 Å². The van der Waals surface area contributed by atoms with Crippen molar-refractivity contribution in [3.05, 3.63) is 12.3 Å². The van der Waals surface area contributed by atoms with Gasteiger partial charge in [0.2, 0.25) is 0 Å². The van der Waals surface area contributed by atoms with E-state index in [-0.39, 0.29) is 6.04 Å². The highest BCUT2D eigenvalue weighted by atomic mass is 16.3. The van der Waals surface area contributed by atoms with Crippen molar-refractivity contribution in [3.8, 4) is 0 Å². The zero-order chi connectivity index (χ0) is 11.6. The molecular weight excluding hydrogens is 194 g/mol. The highest BCUT2D eigenvalue weighted by Gasteiger charge is 2.24. The molecule has 0 atom stereocenters. The number of nitrogens with zero attached hydrogens (tertiary/aromatic N) is 2. The molecule has 0 spiro atoms. The average molecular weight is 211 g/mol. The normalized spacial score (nSPS) is 11.9. The first-order chi connectivity index (χ1) is 6.82. The Morgan fingerprint density at radius 3 is 2.67 bits per heavy atom. The van der Waals surface area contributed by atoms with Gasteiger partial charge >= 0.3 is 0 Å². The lowest BCUT2D eigenvalue weighted by molar-refractivity contribution is -0.130. The molecule has 0 aliphatic heterocycles. The van der Waals surface area contributed by atoms with Gasteiger partial charge in [-0.3, -0.25) is 4.79 Å². The predicted molar refractivity (Wildman–Crippen MR) is 57.5 cm³/mol. The van der Waals surface area contributed by atoms with Crippen LogP contribution in [0.25, 0.3) is 0 Å². The molecule has 2 N–H and O–H groups in total. The topological polar surface area (TPSA) is 67.2 Å². The molecule has 0 aliphatic carbocycles. The summed E-state index contributed by atoms with van der Waals surface area (Å²) < 4.78 is 1.68. The van der Waals surface area contributed by atoms with Crippen LogP contribution in [0.3, 0.4) is 0 Å². The van der Waals surface area contributed by atoms with E-state index >= 15 is 0 Å². The van der Waals surface area contributed by atoms with Crippen molar-refractivity contribution in [1.82, 2.24) is 9.78 Å². The smallest absolute Gasteiger partial charge is 0.256 e. The first kappa shape index (κ1) is 11.7. The number of hydrogen-bond donors (Lipinski definition) is 2. The van der Waals surface area contributed by atoms with Gasteiger partial charge in [0.25, 0.3) is 5.91 Å². The van der Waals surface area contributed by atoms with Crippen molar-refractivity contribution in [2.45, 2.75) is 39.3 Å². The number of nitrogens with one attached hydrogen (secondary N) is 1. The molecule has 5 heteroatoms. The molecule has 0 fully saturated rings. The Morgan fingerprint density at radius 1 is 1.60 bits per heavy atom. The maximum atomic E-state index is 11.5. The number of hydrogen-bond acceptors (Lipinski definition) is 3. The van der Waals surface area contributed by atoms with Crippen LogP contribution in [0, 0.1) is 0 Å². The molecule has 1 aromatic heterocycles. The van der Waals surface area contributed by atoms with Crippen LogP contribution < -0.4 is 5.32 Å². The van der Waals surface area contributed by atoms with Crippen molar-refractivity contribution >= 4 is 11.7 Å². The molecule has 5 nitrogen and oxygen atoms in total. The highest BCUT2D eigenvalue weighted by Crippen LogP contribution is 2.14. The van der Waals surface area contributed by atoms with E-state index in [2.05, 4.69) is 10.4 Å². The molecule has 0 radical (unpaired) electrons. The summed E-state index contributed by atoms with van der Waals surface area (Å²) in [6.45, 7) is 6.82. The quantitative estimate of drug-likeness (QED) is 0.788. The zero-order valence-electron chi connectivity index (χ0n) is 9.48. The summed E-state index contributed by atoms with van der Waals surface area (Å²) >= 11 is 0. The van der Waals surface area contributed by atoms with Gasteiger partial charge in [0.1, 0.15) is 11.4 Å². The van der Waals surface area contributed by atoms with Crippen LogP contribution >= 0.6 is 0 Å². The second kappa shape index (κ2) is 4.02. The molecule has 1 rings (SSSR count). The van der Waals surface area contributed by atoms with E-state index < -0.39 is 11.5 Å². The molecule has 15 heavy (non-hydrogen) atoms. The fourth-order valence-electron chi connectivity index (χ4n) is 1.09. The molecule has 1 aromatic rings. The van der Waals surface area contributed by atoms with Crippen LogP contribution in [0.4, 0.5) is 5.82 Å². The van der Waals surface area contributed by atoms with E-state index in [9.17, 15) is 9.90 Å². The van der Waals surface area contributed by atoms with Crippen LogP contribution in [0.2, 0.25) is 0 Å². The fraction of sp³-hybridized carbons (Fsp3) is 0.600. The molecule has 0 saturated heterocycles. The third kappa shape index (κ3) is 2.79. The second-order valence-electron chi connectivity index (χ2n) is 4.27. The van der Waals surface area contributed by atoms with Gasteiger partial charge in [0.05, 0.1) is 6.20 Å². The number of amides is 1. The van der Waals surface area contributed by atoms with E-state index in [0.717, 1.165) is 0 Å². The number of aliphatic hydroxyl groups is 1. The van der Waals surface area contributed by atoms with Gasteiger partial charge in [0, 0.05) is 12.1 Å². The minimum Gasteiger partial charge on any atom is -0.381 e. The molecule has 1 amide bonds. The Kier molecular flexibility index (Phi) is 3.14. The number of carbonyl (C=O) groups excluding carboxylic acids is 1. The zero-order valence-corrected chi connectivity index (χ0v) is 9.48. The highest BCUT2D eigenvalue weighted by molar-refractivity contribution is 5.95. The third-order valence-corrected chi connectivity index (χ3v) is 1.96. The van der Waals surface area contributed by atoms with Crippen molar-refractivity contribution in [3.63, 3.8) is 0 Å². The minimum absolute atomic E-state index is 0.164. The van der Waals surface area contributed by atoms with E-state index in [4.69, 9.17) is 0 Å². The number of aromatic nitrogens is 2. The summed E-state index contributed by atoms with van der Waals surface area (Å²) in [5.74, 6) is 0.155. The van der Waals surface area contributed by atoms with E-state index in [1.54, 1.807) is 16.9 Å². The largest absolute Gasteiger partial charge is 0.381 e. The van der Waals surface area contributed by atoms with E-state index in [1.807, 2.05) is 13.8 Å². The van der Waals surface area contributed by atoms with Gasteiger partial charge < -0.3 is 10.4 Å². The fourth-order valence-corrected chi connectivity index (χ4v) is 1.09. The third-order valence-electron chi connectivity index (χ3n) is 1.96. The first-order valence-corrected chi connectivity index (χ1v) is 4.89. The summed E-state index contributed by atoms with van der Waals surface area (Å²) in [6, 6.07) is 1.86. The maximum absolute atomic E-state index is 11.5. The first-order valence-electron chi connectivity index (χ1n) is 4.89. The van der Waals surface area contributed by atoms with E-state index in [1.165, 1.54) is 13.8 Å². The van der Waals surface area contributed by atoms with Gasteiger partial charge in [-0.1, -0.05) is 0 Å². The molecule has 1 heterocycles. The Balaban J connectivity index is 2.82. The van der Waals surface area contributed by atoms with Gasteiger partial charge in [0.15, 0.2) is 0 Å². The molecule has 0 unspecified atom stereocenters. The summed E-state index contributed by atoms with van der Waals surface area (Å²) in [5.41, 5.74) is -1.38. The van der Waals surface area contributed by atoms with Gasteiger partial charge in [-0.15, -0.1) is 0 Å². The Morgan fingerprint density at radius 2 is 2.20 bits per heavy atom. The summed E-state index contributed by atoms with van der Waals surface area (Å²) in [7, 11) is 0. The van der Waals surface area contributed by atoms with Crippen molar-refractivity contribution in [1.29, 1.82) is 0 Å². The van der Waals surface area contributed by atoms with Crippen molar-refractivity contribution in [2.75, 3.05) is 5.32 Å². The second-order valence-corrected chi connectivity index (χ2v) is 4.27. The molecule has 0 aliphatic rings. The van der Waals surface area contributed by atoms with Crippen LogP contribution in [-0.2, 0) is 4.79 Å². The average Bonchev–Trinajstić information content (AvgIpc) is 2.50. The van der Waals surface area contributed by atoms with E-state index in [0.29, 0.717) is 5.82 Å². The lowest BCUT2D eigenvalue weighted by Gasteiger charge is -2.18.